The monoisotopic (exact) mass is 1010 g/mol. The minimum atomic E-state index is -4.79. The summed E-state index contributed by atoms with van der Waals surface area (Å²) in [6, 6.07) is 25.1. The van der Waals surface area contributed by atoms with Gasteiger partial charge in [0.05, 0.1) is 51.3 Å². The van der Waals surface area contributed by atoms with Crippen LogP contribution in [0.5, 0.6) is 0 Å². The van der Waals surface area contributed by atoms with Gasteiger partial charge >= 0.3 is 6.18 Å². The van der Waals surface area contributed by atoms with Gasteiger partial charge in [0.15, 0.2) is 23.3 Å². The van der Waals surface area contributed by atoms with Gasteiger partial charge in [0, 0.05) is 38.4 Å². The van der Waals surface area contributed by atoms with Crippen molar-refractivity contribution in [1.29, 1.82) is 5.26 Å². The van der Waals surface area contributed by atoms with E-state index in [2.05, 4.69) is 39.9 Å². The largest absolute Gasteiger partial charge is 0.416 e. The Morgan fingerprint density at radius 3 is 1.38 bits per heavy atom. The highest BCUT2D eigenvalue weighted by Gasteiger charge is 2.33. The minimum absolute atomic E-state index is 0.138. The van der Waals surface area contributed by atoms with Gasteiger partial charge in [-0.3, -0.25) is 4.57 Å². The Kier molecular flexibility index (Phi) is 11.1. The fourth-order valence-corrected chi connectivity index (χ4v) is 10.4. The van der Waals surface area contributed by atoms with Crippen molar-refractivity contribution in [2.75, 3.05) is 0 Å². The highest BCUT2D eigenvalue weighted by atomic mass is 19.4. The molecule has 76 heavy (non-hydrogen) atoms. The van der Waals surface area contributed by atoms with Gasteiger partial charge in [-0.1, -0.05) is 36.4 Å². The summed E-state index contributed by atoms with van der Waals surface area (Å²) in [4.78, 5) is 60.5. The molecule has 372 valence electrons. The van der Waals surface area contributed by atoms with Crippen LogP contribution in [0.15, 0.2) is 85.1 Å². The zero-order valence-electron chi connectivity index (χ0n) is 42.4. The molecule has 0 amide bonds. The number of aromatic nitrogens is 15. The topological polar surface area (TPSA) is 201 Å². The van der Waals surface area contributed by atoms with Crippen LogP contribution in [-0.4, -0.2) is 73.9 Å². The van der Waals surface area contributed by atoms with E-state index >= 15 is 13.2 Å². The quantitative estimate of drug-likeness (QED) is 0.146. The van der Waals surface area contributed by atoms with Crippen LogP contribution in [-0.2, 0) is 12.6 Å². The Balaban J connectivity index is 1.19. The first-order valence-electron chi connectivity index (χ1n) is 24.3. The lowest BCUT2D eigenvalue weighted by Crippen LogP contribution is -2.09. The molecular formula is C57H43F3N16. The van der Waals surface area contributed by atoms with Crippen LogP contribution in [0.1, 0.15) is 81.2 Å². The number of alkyl halides is 3. The Bertz CT molecular complexity index is 4170. The lowest BCUT2D eigenvalue weighted by Gasteiger charge is -2.20. The Hall–Kier alpha value is -9.57. The normalized spacial score (nSPS) is 12.6. The molecule has 0 saturated heterocycles. The predicted molar refractivity (Wildman–Crippen MR) is 281 cm³/mol. The summed E-state index contributed by atoms with van der Waals surface area (Å²) in [5.74, 6) is 6.78. The third-order valence-electron chi connectivity index (χ3n) is 13.4. The van der Waals surface area contributed by atoms with Crippen LogP contribution in [0.25, 0.3) is 101 Å². The standard InChI is InChI=1S/C57H43F3N16/c1-27-63-28(2)68-53(67-27)36-9-13-42-43-14-10-37(54-69-29(3)64-30(4)70-54)21-48(43)75(47(42)20-36)51-26-62-52(24-46(51)40-17-35(25-61)18-41(19-40)57(58,59)60)76-49-22-38(55-71-31(5)65-32(6)72-55)11-15-44(49)45-16-12-39(23-50(45)76)56-73-33(7)66-34(8)74-56/h9,11-13,15-24,26H,10,14H2,1-8H3. The van der Waals surface area contributed by atoms with Crippen LogP contribution in [0, 0.1) is 66.7 Å². The molecule has 11 aromatic rings. The number of nitrogens with zero attached hydrogens (tertiary/aromatic N) is 16. The Morgan fingerprint density at radius 2 is 0.921 bits per heavy atom. The summed E-state index contributed by atoms with van der Waals surface area (Å²) in [7, 11) is 0. The molecule has 0 aliphatic heterocycles. The van der Waals surface area contributed by atoms with Crippen molar-refractivity contribution in [1.82, 2.24) is 73.9 Å². The van der Waals surface area contributed by atoms with E-state index in [1.165, 1.54) is 6.07 Å². The maximum Gasteiger partial charge on any atom is 0.416 e. The maximum atomic E-state index is 15.0. The summed E-state index contributed by atoms with van der Waals surface area (Å²) >= 11 is 0. The van der Waals surface area contributed by atoms with E-state index in [0.717, 1.165) is 50.6 Å². The number of rotatable bonds is 7. The molecule has 4 aromatic carbocycles. The molecular weight excluding hydrogens is 966 g/mol. The summed E-state index contributed by atoms with van der Waals surface area (Å²) in [6.07, 6.45) is 0.134. The average Bonchev–Trinajstić information content (AvgIpc) is 3.88. The summed E-state index contributed by atoms with van der Waals surface area (Å²) in [5, 5.41) is 13.0. The molecule has 0 spiro atoms. The van der Waals surface area contributed by atoms with Crippen LogP contribution in [0.2, 0.25) is 0 Å². The Morgan fingerprint density at radius 1 is 0.474 bits per heavy atom. The van der Waals surface area contributed by atoms with Gasteiger partial charge in [-0.15, -0.1) is 0 Å². The molecule has 0 N–H and O–H groups in total. The van der Waals surface area contributed by atoms with Gasteiger partial charge in [-0.2, -0.15) is 18.4 Å². The lowest BCUT2D eigenvalue weighted by molar-refractivity contribution is -0.137. The second-order valence-electron chi connectivity index (χ2n) is 18.9. The van der Waals surface area contributed by atoms with Gasteiger partial charge in [0.2, 0.25) is 0 Å². The number of pyridine rings is 1. The number of hydrogen-bond donors (Lipinski definition) is 0. The van der Waals surface area contributed by atoms with Gasteiger partial charge in [0.1, 0.15) is 52.4 Å². The molecule has 19 heteroatoms. The highest BCUT2D eigenvalue weighted by molar-refractivity contribution is 6.11. The van der Waals surface area contributed by atoms with Crippen LogP contribution in [0.3, 0.4) is 0 Å². The van der Waals surface area contributed by atoms with E-state index in [4.69, 9.17) is 24.9 Å². The van der Waals surface area contributed by atoms with Crippen LogP contribution >= 0.6 is 0 Å². The van der Waals surface area contributed by atoms with Crippen LogP contribution < -0.4 is 0 Å². The molecule has 7 heterocycles. The van der Waals surface area contributed by atoms with Crippen LogP contribution in [0.4, 0.5) is 13.2 Å². The molecule has 12 rings (SSSR count). The molecule has 0 atom stereocenters. The van der Waals surface area contributed by atoms with Crippen molar-refractivity contribution in [3.63, 3.8) is 0 Å². The average molecular weight is 1010 g/mol. The SMILES string of the molecule is Cc1nc(C)nc(C2=Cc3c(c4ccc(-c5nc(C)nc(C)n5)cc4n3-c3cnc(-n4c5cc(-c6nc(C)nc(C)n6)ccc5c5ccc(-c6nc(C)nc(C)n6)cc54)cc3-c3cc(C#N)cc(C(F)(F)F)c3)CC2)n1. The molecule has 0 fully saturated rings. The third-order valence-corrected chi connectivity index (χ3v) is 13.4. The number of allylic oxidation sites excluding steroid dienone is 1. The minimum Gasteiger partial charge on any atom is -0.307 e. The number of hydrogen-bond acceptors (Lipinski definition) is 14. The molecule has 7 aromatic heterocycles. The number of benzene rings is 4. The molecule has 1 aliphatic rings. The van der Waals surface area contributed by atoms with Crippen molar-refractivity contribution in [3.8, 4) is 62.9 Å². The summed E-state index contributed by atoms with van der Waals surface area (Å²) in [6.45, 7) is 14.5. The lowest BCUT2D eigenvalue weighted by atomic mass is 9.94. The highest BCUT2D eigenvalue weighted by Crippen LogP contribution is 2.44. The summed E-state index contributed by atoms with van der Waals surface area (Å²) < 4.78 is 49.1. The van der Waals surface area contributed by atoms with Gasteiger partial charge in [0.25, 0.3) is 0 Å². The van der Waals surface area contributed by atoms with Crippen molar-refractivity contribution in [3.05, 3.63) is 160 Å². The van der Waals surface area contributed by atoms with Gasteiger partial charge in [-0.25, -0.2) is 64.8 Å². The third kappa shape index (κ3) is 8.42. The van der Waals surface area contributed by atoms with Crippen molar-refractivity contribution < 1.29 is 13.2 Å². The smallest absolute Gasteiger partial charge is 0.307 e. The molecule has 0 saturated carbocycles. The van der Waals surface area contributed by atoms with Crippen molar-refractivity contribution in [2.24, 2.45) is 0 Å². The van der Waals surface area contributed by atoms with E-state index in [-0.39, 0.29) is 11.1 Å². The second-order valence-corrected chi connectivity index (χ2v) is 18.9. The molecule has 16 nitrogen and oxygen atoms in total. The van der Waals surface area contributed by atoms with Crippen molar-refractivity contribution in [2.45, 2.75) is 74.4 Å². The summed E-state index contributed by atoms with van der Waals surface area (Å²) in [5.41, 5.74) is 6.65. The van der Waals surface area contributed by atoms with E-state index in [0.29, 0.717) is 128 Å². The zero-order chi connectivity index (χ0) is 52.9. The number of aryl methyl sites for hydroxylation is 9. The van der Waals surface area contributed by atoms with E-state index in [1.807, 2.05) is 117 Å². The zero-order valence-corrected chi connectivity index (χ0v) is 42.4. The Labute approximate surface area is 432 Å². The van der Waals surface area contributed by atoms with E-state index in [1.54, 1.807) is 26.1 Å². The maximum absolute atomic E-state index is 15.0. The molecule has 0 bridgehead atoms. The fourth-order valence-electron chi connectivity index (χ4n) is 10.4. The molecule has 0 radical (unpaired) electrons. The predicted octanol–water partition coefficient (Wildman–Crippen LogP) is 11.4. The first-order chi connectivity index (χ1) is 36.4. The second kappa shape index (κ2) is 17.8. The van der Waals surface area contributed by atoms with Gasteiger partial charge in [-0.05, 0) is 133 Å². The van der Waals surface area contributed by atoms with Crippen molar-refractivity contribution >= 4 is 44.4 Å². The number of fused-ring (bicyclic) bond motifs is 6. The number of nitriles is 1. The van der Waals surface area contributed by atoms with E-state index in [9.17, 15) is 5.26 Å². The fraction of sp³-hybridized carbons (Fsp3) is 0.193. The van der Waals surface area contributed by atoms with E-state index < -0.39 is 11.7 Å². The van der Waals surface area contributed by atoms with Gasteiger partial charge < -0.3 is 4.57 Å². The molecule has 0 unspecified atom stereocenters. The first-order valence-corrected chi connectivity index (χ1v) is 24.3. The first kappa shape index (κ1) is 47.4. The molecule has 1 aliphatic carbocycles. The number of halogens is 3.